The van der Waals surface area contributed by atoms with Crippen LogP contribution >= 0.6 is 0 Å². The highest BCUT2D eigenvalue weighted by atomic mass is 15.2. The summed E-state index contributed by atoms with van der Waals surface area (Å²) in [6, 6.07) is 55.7. The summed E-state index contributed by atoms with van der Waals surface area (Å²) in [5, 5.41) is 0. The molecular formula is C67H62N2. The van der Waals surface area contributed by atoms with Crippen LogP contribution in [0.1, 0.15) is 75.1 Å². The van der Waals surface area contributed by atoms with E-state index in [9.17, 15) is 0 Å². The van der Waals surface area contributed by atoms with Gasteiger partial charge in [-0.2, -0.15) is 0 Å². The molecule has 2 heteroatoms. The molecule has 0 aliphatic heterocycles. The molecule has 0 heterocycles. The van der Waals surface area contributed by atoms with E-state index in [0.29, 0.717) is 0 Å². The van der Waals surface area contributed by atoms with Crippen LogP contribution in [0.2, 0.25) is 0 Å². The van der Waals surface area contributed by atoms with Crippen LogP contribution in [-0.2, 0) is 6.42 Å². The van der Waals surface area contributed by atoms with Crippen LogP contribution < -0.4 is 9.80 Å². The van der Waals surface area contributed by atoms with Gasteiger partial charge in [-0.25, -0.2) is 0 Å². The minimum Gasteiger partial charge on any atom is -0.310 e. The van der Waals surface area contributed by atoms with Crippen molar-refractivity contribution in [2.45, 2.75) is 59.3 Å². The molecule has 0 spiro atoms. The summed E-state index contributed by atoms with van der Waals surface area (Å²) in [5.74, 6) is 0. The molecule has 0 saturated carbocycles. The molecule has 0 aromatic heterocycles. The summed E-state index contributed by atoms with van der Waals surface area (Å²) in [4.78, 5) is 4.89. The van der Waals surface area contributed by atoms with Gasteiger partial charge in [0, 0.05) is 33.9 Å². The minimum absolute atomic E-state index is 0.852. The van der Waals surface area contributed by atoms with Crippen LogP contribution in [0.3, 0.4) is 0 Å². The third-order valence-corrected chi connectivity index (χ3v) is 13.2. The van der Waals surface area contributed by atoms with Crippen molar-refractivity contribution in [1.29, 1.82) is 0 Å². The van der Waals surface area contributed by atoms with E-state index in [1.807, 2.05) is 6.92 Å². The summed E-state index contributed by atoms with van der Waals surface area (Å²) in [7, 11) is 0. The zero-order valence-corrected chi connectivity index (χ0v) is 40.3. The number of hydrogen-bond acceptors (Lipinski definition) is 2. The van der Waals surface area contributed by atoms with E-state index in [1.165, 1.54) is 72.6 Å². The van der Waals surface area contributed by atoms with Crippen LogP contribution in [-0.4, -0.2) is 0 Å². The quantitative estimate of drug-likeness (QED) is 0.0948. The Hall–Kier alpha value is -7.94. The number of anilines is 5. The molecule has 0 amide bonds. The second-order valence-electron chi connectivity index (χ2n) is 17.6. The number of benzene rings is 6. The maximum atomic E-state index is 2.46. The topological polar surface area (TPSA) is 6.48 Å². The Labute approximate surface area is 411 Å². The molecule has 0 unspecified atom stereocenters. The van der Waals surface area contributed by atoms with Crippen molar-refractivity contribution in [1.82, 2.24) is 0 Å². The van der Waals surface area contributed by atoms with Crippen molar-refractivity contribution in [3.8, 4) is 11.1 Å². The van der Waals surface area contributed by atoms with Crippen molar-refractivity contribution in [3.63, 3.8) is 0 Å². The van der Waals surface area contributed by atoms with Gasteiger partial charge in [0.25, 0.3) is 0 Å². The number of hydrogen-bond donors (Lipinski definition) is 0. The molecule has 0 bridgehead atoms. The highest BCUT2D eigenvalue weighted by Gasteiger charge is 2.23. The molecule has 0 fully saturated rings. The molecule has 0 atom stereocenters. The van der Waals surface area contributed by atoms with Gasteiger partial charge in [0.05, 0.1) is 11.4 Å². The van der Waals surface area contributed by atoms with Gasteiger partial charge in [0.1, 0.15) is 0 Å². The Balaban J connectivity index is 1.08. The van der Waals surface area contributed by atoms with E-state index in [2.05, 4.69) is 273 Å². The standard InChI is InChI=1S/C67H62N2/c1-4-7-8-11-22-51-33-44-61(45-34-51)69(63-47-40-56(41-48-63)52(6-3)21-5-2)67-32-19-17-30-65(67)59-37-35-58(36-38-59)64-29-16-18-31-66(64)68(62-49-42-57(43-50-62)54-25-14-10-15-26-54)60-28-20-27-55(39-46-60)53-23-12-9-13-24-53/h4-8,10-12,14-19,21,23-35,37,39-50H,9,13,20,22,36,38H2,1-3H3/b7-4-,11-8-,21-5-,52-6+. The van der Waals surface area contributed by atoms with E-state index >= 15 is 0 Å². The van der Waals surface area contributed by atoms with Crippen LogP contribution in [0.15, 0.2) is 266 Å². The Morgan fingerprint density at radius 1 is 0.507 bits per heavy atom. The Bertz CT molecular complexity index is 3080. The van der Waals surface area contributed by atoms with E-state index < -0.39 is 0 Å². The summed E-state index contributed by atoms with van der Waals surface area (Å²) in [5.41, 5.74) is 20.8. The summed E-state index contributed by atoms with van der Waals surface area (Å²) in [6.07, 6.45) is 41.7. The lowest BCUT2D eigenvalue weighted by Crippen LogP contribution is -2.17. The predicted molar refractivity (Wildman–Crippen MR) is 299 cm³/mol. The van der Waals surface area contributed by atoms with Gasteiger partial charge >= 0.3 is 0 Å². The molecule has 0 saturated heterocycles. The number of rotatable bonds is 15. The zero-order chi connectivity index (χ0) is 47.2. The van der Waals surface area contributed by atoms with E-state index in [-0.39, 0.29) is 0 Å². The van der Waals surface area contributed by atoms with Gasteiger partial charge in [0.2, 0.25) is 0 Å². The van der Waals surface area contributed by atoms with Crippen LogP contribution in [0.4, 0.5) is 28.4 Å². The Morgan fingerprint density at radius 3 is 1.72 bits per heavy atom. The summed E-state index contributed by atoms with van der Waals surface area (Å²) >= 11 is 0. The lowest BCUT2D eigenvalue weighted by molar-refractivity contribution is 1.02. The average Bonchev–Trinajstić information content (AvgIpc) is 3.67. The van der Waals surface area contributed by atoms with Crippen LogP contribution in [0, 0.1) is 0 Å². The first kappa shape index (κ1) is 46.2. The average molecular weight is 895 g/mol. The van der Waals surface area contributed by atoms with Gasteiger partial charge in [-0.3, -0.25) is 0 Å². The zero-order valence-electron chi connectivity index (χ0n) is 40.3. The van der Waals surface area contributed by atoms with E-state index in [1.54, 1.807) is 0 Å². The van der Waals surface area contributed by atoms with Gasteiger partial charge in [-0.05, 0) is 164 Å². The van der Waals surface area contributed by atoms with Crippen molar-refractivity contribution in [2.24, 2.45) is 0 Å². The predicted octanol–water partition coefficient (Wildman–Crippen LogP) is 18.9. The highest BCUT2D eigenvalue weighted by Crippen LogP contribution is 2.45. The normalized spacial score (nSPS) is 15.2. The van der Waals surface area contributed by atoms with Crippen molar-refractivity contribution >= 4 is 45.2 Å². The van der Waals surface area contributed by atoms with Gasteiger partial charge in [-0.15, -0.1) is 0 Å². The third-order valence-electron chi connectivity index (χ3n) is 13.2. The molecule has 0 radical (unpaired) electrons. The van der Waals surface area contributed by atoms with Gasteiger partial charge in [-0.1, -0.05) is 194 Å². The monoisotopic (exact) mass is 894 g/mol. The molecule has 69 heavy (non-hydrogen) atoms. The minimum atomic E-state index is 0.852. The SMILES string of the molecule is C/C=C\C=C/Cc1ccc(N(c2ccc(C(/C=C\C)=C/C)cc2)c2ccccc2C2=CC=C(c3ccccc3N(C3=CCC=C(C4=CCCC=C4)C=C3)c3ccc(-c4ccccc4)cc3)CC2)cc1. The lowest BCUT2D eigenvalue weighted by Gasteiger charge is -2.31. The second kappa shape index (κ2) is 22.7. The van der Waals surface area contributed by atoms with Crippen molar-refractivity contribution in [2.75, 3.05) is 9.80 Å². The molecule has 2 nitrogen and oxygen atoms in total. The van der Waals surface area contributed by atoms with E-state index in [0.717, 1.165) is 61.3 Å². The first-order valence-electron chi connectivity index (χ1n) is 24.7. The van der Waals surface area contributed by atoms with Crippen molar-refractivity contribution in [3.05, 3.63) is 288 Å². The van der Waals surface area contributed by atoms with Crippen molar-refractivity contribution < 1.29 is 0 Å². The molecule has 3 aliphatic carbocycles. The van der Waals surface area contributed by atoms with Crippen LogP contribution in [0.25, 0.3) is 27.8 Å². The Kier molecular flexibility index (Phi) is 15.2. The van der Waals surface area contributed by atoms with E-state index in [4.69, 9.17) is 0 Å². The molecule has 3 aliphatic rings. The largest absolute Gasteiger partial charge is 0.310 e. The molecular weight excluding hydrogens is 833 g/mol. The summed E-state index contributed by atoms with van der Waals surface area (Å²) in [6.45, 7) is 6.22. The Morgan fingerprint density at radius 2 is 1.10 bits per heavy atom. The first-order chi connectivity index (χ1) is 34.1. The molecule has 0 N–H and O–H groups in total. The maximum absolute atomic E-state index is 2.46. The van der Waals surface area contributed by atoms with Crippen LogP contribution in [0.5, 0.6) is 0 Å². The molecule has 340 valence electrons. The molecule has 6 aromatic carbocycles. The lowest BCUT2D eigenvalue weighted by atomic mass is 9.88. The second-order valence-corrected chi connectivity index (χ2v) is 17.6. The fourth-order valence-electron chi connectivity index (χ4n) is 9.60. The summed E-state index contributed by atoms with van der Waals surface area (Å²) < 4.78 is 0. The molecule has 6 aromatic rings. The van der Waals surface area contributed by atoms with Gasteiger partial charge < -0.3 is 9.80 Å². The third kappa shape index (κ3) is 10.9. The fourth-order valence-corrected chi connectivity index (χ4v) is 9.60. The highest BCUT2D eigenvalue weighted by molar-refractivity contribution is 5.91. The number of nitrogens with zero attached hydrogens (tertiary/aromatic N) is 2. The number of para-hydroxylation sites is 2. The smallest absolute Gasteiger partial charge is 0.0536 e. The maximum Gasteiger partial charge on any atom is 0.0536 e. The fraction of sp³-hybridized carbons (Fsp3) is 0.134. The first-order valence-corrected chi connectivity index (χ1v) is 24.7. The number of allylic oxidation sites excluding steroid dienone is 21. The van der Waals surface area contributed by atoms with Gasteiger partial charge in [0.15, 0.2) is 0 Å². The molecule has 9 rings (SSSR count).